The molecule has 1 fully saturated rings. The molecule has 3 aromatic rings. The Morgan fingerprint density at radius 1 is 0.971 bits per heavy atom. The van der Waals surface area contributed by atoms with Crippen LogP contribution in [0, 0.1) is 13.8 Å². The van der Waals surface area contributed by atoms with Crippen molar-refractivity contribution in [1.82, 2.24) is 5.32 Å². The number of nitrogens with one attached hydrogen (secondary N) is 1. The molecular formula is C27H24N2O4S. The third kappa shape index (κ3) is 4.84. The zero-order valence-corrected chi connectivity index (χ0v) is 19.9. The summed E-state index contributed by atoms with van der Waals surface area (Å²) in [5.74, 6) is 0.0304. The molecule has 172 valence electrons. The van der Waals surface area contributed by atoms with E-state index in [9.17, 15) is 9.59 Å². The molecule has 34 heavy (non-hydrogen) atoms. The van der Waals surface area contributed by atoms with E-state index in [1.165, 1.54) is 22.1 Å². The van der Waals surface area contributed by atoms with Gasteiger partial charge in [-0.3, -0.25) is 19.8 Å². The lowest BCUT2D eigenvalue weighted by atomic mass is 10.1. The second kappa shape index (κ2) is 9.89. The van der Waals surface area contributed by atoms with Gasteiger partial charge in [-0.1, -0.05) is 36.4 Å². The van der Waals surface area contributed by atoms with E-state index < -0.39 is 11.8 Å². The maximum Gasteiger partial charge on any atom is 0.270 e. The highest BCUT2D eigenvalue weighted by atomic mass is 32.1. The number of hydrogen-bond acceptors (Lipinski definition) is 5. The van der Waals surface area contributed by atoms with Crippen molar-refractivity contribution in [3.8, 4) is 11.5 Å². The number of rotatable bonds is 6. The van der Waals surface area contributed by atoms with Gasteiger partial charge in [-0.15, -0.1) is 0 Å². The maximum absolute atomic E-state index is 13.3. The summed E-state index contributed by atoms with van der Waals surface area (Å²) in [6.45, 7) is 4.43. The average Bonchev–Trinajstić information content (AvgIpc) is 2.83. The van der Waals surface area contributed by atoms with Gasteiger partial charge in [0.2, 0.25) is 0 Å². The Bertz CT molecular complexity index is 1300. The van der Waals surface area contributed by atoms with Gasteiger partial charge in [0.1, 0.15) is 23.7 Å². The van der Waals surface area contributed by atoms with Crippen LogP contribution in [-0.4, -0.2) is 24.0 Å². The van der Waals surface area contributed by atoms with Crippen molar-refractivity contribution in [1.29, 1.82) is 0 Å². The molecule has 0 unspecified atom stereocenters. The molecule has 1 aliphatic rings. The summed E-state index contributed by atoms with van der Waals surface area (Å²) in [6.07, 6.45) is 1.52. The molecule has 2 amide bonds. The van der Waals surface area contributed by atoms with Gasteiger partial charge in [0.05, 0.1) is 12.8 Å². The van der Waals surface area contributed by atoms with Crippen LogP contribution in [0.1, 0.15) is 22.3 Å². The van der Waals surface area contributed by atoms with Crippen LogP contribution >= 0.6 is 12.2 Å². The fraction of sp³-hybridized carbons (Fsp3) is 0.148. The van der Waals surface area contributed by atoms with Crippen molar-refractivity contribution >= 4 is 40.9 Å². The second-order valence-electron chi connectivity index (χ2n) is 7.90. The minimum Gasteiger partial charge on any atom is -0.497 e. The summed E-state index contributed by atoms with van der Waals surface area (Å²) in [4.78, 5) is 27.3. The van der Waals surface area contributed by atoms with E-state index >= 15 is 0 Å². The number of anilines is 1. The Labute approximate surface area is 203 Å². The predicted octanol–water partition coefficient (Wildman–Crippen LogP) is 4.72. The van der Waals surface area contributed by atoms with Gasteiger partial charge >= 0.3 is 0 Å². The molecule has 0 bridgehead atoms. The fourth-order valence-electron chi connectivity index (χ4n) is 3.56. The molecule has 7 heteroatoms. The first-order chi connectivity index (χ1) is 16.4. The third-order valence-corrected chi connectivity index (χ3v) is 5.89. The highest BCUT2D eigenvalue weighted by Crippen LogP contribution is 2.29. The fourth-order valence-corrected chi connectivity index (χ4v) is 3.85. The minimum absolute atomic E-state index is 0.0410. The van der Waals surface area contributed by atoms with Crippen molar-refractivity contribution in [2.45, 2.75) is 20.5 Å². The topological polar surface area (TPSA) is 67.9 Å². The number of benzene rings is 3. The maximum atomic E-state index is 13.3. The molecule has 1 N–H and O–H groups in total. The van der Waals surface area contributed by atoms with Crippen molar-refractivity contribution in [3.63, 3.8) is 0 Å². The van der Waals surface area contributed by atoms with Gasteiger partial charge in [-0.25, -0.2) is 0 Å². The van der Waals surface area contributed by atoms with Crippen LogP contribution in [0.25, 0.3) is 6.08 Å². The van der Waals surface area contributed by atoms with E-state index in [4.69, 9.17) is 21.7 Å². The molecule has 0 radical (unpaired) electrons. The molecule has 0 atom stereocenters. The first-order valence-corrected chi connectivity index (χ1v) is 11.1. The largest absolute Gasteiger partial charge is 0.497 e. The van der Waals surface area contributed by atoms with Crippen LogP contribution in [-0.2, 0) is 16.2 Å². The van der Waals surface area contributed by atoms with E-state index in [0.29, 0.717) is 29.4 Å². The summed E-state index contributed by atoms with van der Waals surface area (Å²) in [7, 11) is 1.57. The molecule has 1 saturated heterocycles. The van der Waals surface area contributed by atoms with E-state index in [0.717, 1.165) is 5.56 Å². The molecule has 0 saturated carbocycles. The number of hydrogen-bond donors (Lipinski definition) is 1. The standard InChI is InChI=1S/C27H24N2O4S/c1-17-9-10-19(13-18(17)2)16-33-24-15-22(32-3)12-11-20(24)14-23-25(30)28-27(34)29(26(23)31)21-7-5-4-6-8-21/h4-15H,16H2,1-3H3,(H,28,30,34)/b23-14-. The van der Waals surface area contributed by atoms with Crippen LogP contribution in [0.4, 0.5) is 5.69 Å². The Kier molecular flexibility index (Phi) is 6.75. The monoisotopic (exact) mass is 472 g/mol. The number of ether oxygens (including phenoxy) is 2. The molecule has 1 aliphatic heterocycles. The van der Waals surface area contributed by atoms with Gasteiger partial charge < -0.3 is 9.47 Å². The van der Waals surface area contributed by atoms with Gasteiger partial charge in [-0.05, 0) is 73.1 Å². The molecule has 1 heterocycles. The molecular weight excluding hydrogens is 448 g/mol. The van der Waals surface area contributed by atoms with Crippen LogP contribution < -0.4 is 19.7 Å². The molecule has 0 aliphatic carbocycles. The number of methoxy groups -OCH3 is 1. The average molecular weight is 473 g/mol. The van der Waals surface area contributed by atoms with Gasteiger partial charge in [-0.2, -0.15) is 0 Å². The van der Waals surface area contributed by atoms with Gasteiger partial charge in [0.25, 0.3) is 11.8 Å². The SMILES string of the molecule is COc1ccc(/C=C2/C(=O)NC(=S)N(c3ccccc3)C2=O)c(OCc2ccc(C)c(C)c2)c1. The van der Waals surface area contributed by atoms with Gasteiger partial charge in [0, 0.05) is 11.6 Å². The molecule has 0 spiro atoms. The smallest absolute Gasteiger partial charge is 0.270 e. The Balaban J connectivity index is 1.68. The van der Waals surface area contributed by atoms with Crippen LogP contribution in [0.2, 0.25) is 0 Å². The van der Waals surface area contributed by atoms with Crippen molar-refractivity contribution < 1.29 is 19.1 Å². The summed E-state index contributed by atoms with van der Waals surface area (Å²) in [5.41, 5.74) is 4.50. The number of carbonyl (C=O) groups excluding carboxylic acids is 2. The summed E-state index contributed by atoms with van der Waals surface area (Å²) < 4.78 is 11.4. The lowest BCUT2D eigenvalue weighted by Crippen LogP contribution is -2.54. The second-order valence-corrected chi connectivity index (χ2v) is 8.29. The first kappa shape index (κ1) is 23.2. The Hall–Kier alpha value is -3.97. The molecule has 4 rings (SSSR count). The molecule has 3 aromatic carbocycles. The quantitative estimate of drug-likeness (QED) is 0.319. The third-order valence-electron chi connectivity index (χ3n) is 5.60. The Morgan fingerprint density at radius 2 is 1.74 bits per heavy atom. The van der Waals surface area contributed by atoms with Crippen molar-refractivity contribution in [3.05, 3.63) is 94.6 Å². The zero-order valence-electron chi connectivity index (χ0n) is 19.1. The van der Waals surface area contributed by atoms with E-state index in [1.54, 1.807) is 49.6 Å². The van der Waals surface area contributed by atoms with E-state index in [1.807, 2.05) is 12.1 Å². The molecule has 6 nitrogen and oxygen atoms in total. The van der Waals surface area contributed by atoms with Crippen LogP contribution in [0.5, 0.6) is 11.5 Å². The number of carbonyl (C=O) groups is 2. The summed E-state index contributed by atoms with van der Waals surface area (Å²) in [6, 6.07) is 20.3. The highest BCUT2D eigenvalue weighted by molar-refractivity contribution is 7.80. The lowest BCUT2D eigenvalue weighted by Gasteiger charge is -2.29. The lowest BCUT2D eigenvalue weighted by molar-refractivity contribution is -0.122. The number of para-hydroxylation sites is 1. The van der Waals surface area contributed by atoms with E-state index in [-0.39, 0.29) is 10.7 Å². The molecule has 0 aromatic heterocycles. The normalized spacial score (nSPS) is 14.9. The van der Waals surface area contributed by atoms with Crippen molar-refractivity contribution in [2.24, 2.45) is 0 Å². The number of nitrogens with zero attached hydrogens (tertiary/aromatic N) is 1. The van der Waals surface area contributed by atoms with Crippen LogP contribution in [0.15, 0.2) is 72.3 Å². The first-order valence-electron chi connectivity index (χ1n) is 10.7. The minimum atomic E-state index is -0.557. The van der Waals surface area contributed by atoms with Gasteiger partial charge in [0.15, 0.2) is 5.11 Å². The summed E-state index contributed by atoms with van der Waals surface area (Å²) in [5, 5.41) is 2.64. The Morgan fingerprint density at radius 3 is 2.44 bits per heavy atom. The van der Waals surface area contributed by atoms with Crippen molar-refractivity contribution in [2.75, 3.05) is 12.0 Å². The zero-order chi connectivity index (χ0) is 24.2. The predicted molar refractivity (Wildman–Crippen MR) is 136 cm³/mol. The number of amides is 2. The number of thiocarbonyl (C=S) groups is 1. The summed E-state index contributed by atoms with van der Waals surface area (Å²) >= 11 is 5.26. The van der Waals surface area contributed by atoms with E-state index in [2.05, 4.69) is 31.3 Å². The number of aryl methyl sites for hydroxylation is 2. The highest BCUT2D eigenvalue weighted by Gasteiger charge is 2.34. The van der Waals surface area contributed by atoms with Crippen LogP contribution in [0.3, 0.4) is 0 Å².